The number of hydrogen-bond acceptors (Lipinski definition) is 8. The van der Waals surface area contributed by atoms with E-state index in [9.17, 15) is 24.2 Å². The molecule has 0 atom stereocenters. The fourth-order valence-corrected chi connectivity index (χ4v) is 2.46. The Morgan fingerprint density at radius 1 is 0.640 bits per heavy atom. The smallest absolute Gasteiger partial charge is 0.358 e. The molecule has 0 N–H and O–H groups in total. The maximum atomic E-state index is 12.3. The van der Waals surface area contributed by atoms with Crippen molar-refractivity contribution in [1.82, 2.24) is 9.13 Å². The van der Waals surface area contributed by atoms with E-state index in [-0.39, 0.29) is 26.2 Å². The molecule has 0 saturated carbocycles. The van der Waals surface area contributed by atoms with Gasteiger partial charge in [0, 0.05) is 13.1 Å². The Morgan fingerprint density at radius 2 is 1.04 bits per heavy atom. The zero-order valence-electron chi connectivity index (χ0n) is 14.2. The fraction of sp³-hybridized carbons (Fsp3) is 0.800. The van der Waals surface area contributed by atoms with Crippen LogP contribution in [0, 0.1) is 9.81 Å². The van der Waals surface area contributed by atoms with Gasteiger partial charge >= 0.3 is 17.2 Å². The van der Waals surface area contributed by atoms with E-state index >= 15 is 0 Å². The lowest BCUT2D eigenvalue weighted by Crippen LogP contribution is -2.46. The van der Waals surface area contributed by atoms with E-state index in [0.717, 1.165) is 34.8 Å². The largest absolute Gasteiger partial charge is 0.427 e. The molecule has 25 heavy (non-hydrogen) atoms. The molecule has 0 spiro atoms. The molecule has 0 bridgehead atoms. The van der Waals surface area contributed by atoms with Gasteiger partial charge in [-0.05, 0) is 25.7 Å². The SMILES string of the molecule is O=NCCCCCCn1c(=O)oc(=O)n(CCCCCCN=O)c1=O. The van der Waals surface area contributed by atoms with Gasteiger partial charge in [-0.15, -0.1) is 0 Å². The van der Waals surface area contributed by atoms with Crippen LogP contribution in [-0.2, 0) is 13.1 Å². The highest BCUT2D eigenvalue weighted by atomic mass is 16.5. The van der Waals surface area contributed by atoms with Crippen molar-refractivity contribution in [2.75, 3.05) is 13.1 Å². The van der Waals surface area contributed by atoms with Crippen LogP contribution in [0.4, 0.5) is 0 Å². The second-order valence-corrected chi connectivity index (χ2v) is 5.75. The Labute approximate surface area is 143 Å². The van der Waals surface area contributed by atoms with Crippen molar-refractivity contribution in [1.29, 1.82) is 0 Å². The Hall–Kier alpha value is -2.39. The molecule has 1 heterocycles. The van der Waals surface area contributed by atoms with Crippen LogP contribution in [0.25, 0.3) is 0 Å². The molecule has 0 fully saturated rings. The van der Waals surface area contributed by atoms with Gasteiger partial charge in [-0.3, -0.25) is 0 Å². The van der Waals surface area contributed by atoms with E-state index in [2.05, 4.69) is 14.8 Å². The Bertz CT molecular complexity index is 650. The summed E-state index contributed by atoms with van der Waals surface area (Å²) < 4.78 is 6.47. The minimum Gasteiger partial charge on any atom is -0.358 e. The third-order valence-corrected chi connectivity index (χ3v) is 3.84. The lowest BCUT2D eigenvalue weighted by atomic mass is 10.2. The maximum absolute atomic E-state index is 12.3. The summed E-state index contributed by atoms with van der Waals surface area (Å²) in [5.74, 6) is -1.89. The number of unbranched alkanes of at least 4 members (excludes halogenated alkanes) is 6. The first-order valence-electron chi connectivity index (χ1n) is 8.55. The van der Waals surface area contributed by atoms with E-state index in [1.54, 1.807) is 0 Å². The summed E-state index contributed by atoms with van der Waals surface area (Å²) in [4.78, 5) is 55.7. The molecule has 0 unspecified atom stereocenters. The normalized spacial score (nSPS) is 10.7. The molecule has 1 aromatic heterocycles. The van der Waals surface area contributed by atoms with Gasteiger partial charge in [0.1, 0.15) is 0 Å². The van der Waals surface area contributed by atoms with Gasteiger partial charge in [0.2, 0.25) is 0 Å². The second kappa shape index (κ2) is 12.0. The highest BCUT2D eigenvalue weighted by Crippen LogP contribution is 2.02. The van der Waals surface area contributed by atoms with Crippen LogP contribution in [0.15, 0.2) is 29.2 Å². The van der Waals surface area contributed by atoms with E-state index in [1.165, 1.54) is 0 Å². The van der Waals surface area contributed by atoms with Gasteiger partial charge < -0.3 is 4.42 Å². The molecule has 0 aliphatic carbocycles. The Balaban J connectivity index is 2.60. The predicted octanol–water partition coefficient (Wildman–Crippen LogP) is 1.62. The van der Waals surface area contributed by atoms with Gasteiger partial charge in [0.05, 0.1) is 13.1 Å². The van der Waals surface area contributed by atoms with Gasteiger partial charge in [0.15, 0.2) is 0 Å². The molecule has 1 rings (SSSR count). The predicted molar refractivity (Wildman–Crippen MR) is 91.8 cm³/mol. The topological polar surface area (TPSA) is 133 Å². The first kappa shape index (κ1) is 20.7. The quantitative estimate of drug-likeness (QED) is 0.367. The van der Waals surface area contributed by atoms with E-state index in [0.29, 0.717) is 25.7 Å². The average molecular weight is 356 g/mol. The number of nitrogens with zero attached hydrogens (tertiary/aromatic N) is 4. The molecule has 140 valence electrons. The van der Waals surface area contributed by atoms with Crippen molar-refractivity contribution in [3.63, 3.8) is 0 Å². The van der Waals surface area contributed by atoms with E-state index in [4.69, 9.17) is 0 Å². The fourth-order valence-electron chi connectivity index (χ4n) is 2.46. The lowest BCUT2D eigenvalue weighted by molar-refractivity contribution is 0.313. The monoisotopic (exact) mass is 356 g/mol. The molecule has 1 aromatic rings. The molecule has 0 aromatic carbocycles. The van der Waals surface area contributed by atoms with Crippen molar-refractivity contribution in [2.24, 2.45) is 10.4 Å². The zero-order chi connectivity index (χ0) is 18.5. The summed E-state index contributed by atoms with van der Waals surface area (Å²) in [6.07, 6.45) is 5.53. The molecule has 10 heteroatoms. The Kier molecular flexibility index (Phi) is 9.95. The molecule has 0 aliphatic heterocycles. The lowest BCUT2D eigenvalue weighted by Gasteiger charge is -2.07. The van der Waals surface area contributed by atoms with Crippen LogP contribution in [0.2, 0.25) is 0 Å². The van der Waals surface area contributed by atoms with Crippen molar-refractivity contribution in [3.8, 4) is 0 Å². The minimum atomic E-state index is -0.946. The molecular formula is C15H24N4O6. The summed E-state index contributed by atoms with van der Waals surface area (Å²) in [5, 5.41) is 5.53. The van der Waals surface area contributed by atoms with Crippen molar-refractivity contribution < 1.29 is 4.42 Å². The molecule has 0 radical (unpaired) electrons. The molecule has 10 nitrogen and oxygen atoms in total. The van der Waals surface area contributed by atoms with Crippen LogP contribution in [-0.4, -0.2) is 22.2 Å². The summed E-state index contributed by atoms with van der Waals surface area (Å²) >= 11 is 0. The maximum Gasteiger partial charge on any atom is 0.427 e. The summed E-state index contributed by atoms with van der Waals surface area (Å²) in [5.41, 5.74) is -0.662. The van der Waals surface area contributed by atoms with Crippen LogP contribution < -0.4 is 17.2 Å². The number of nitroso groups, excluding NO2 is 2. The number of hydrogen-bond donors (Lipinski definition) is 0. The van der Waals surface area contributed by atoms with Crippen LogP contribution >= 0.6 is 0 Å². The zero-order valence-corrected chi connectivity index (χ0v) is 14.2. The highest BCUT2D eigenvalue weighted by Gasteiger charge is 2.11. The van der Waals surface area contributed by atoms with E-state index < -0.39 is 17.2 Å². The number of aromatic nitrogens is 2. The van der Waals surface area contributed by atoms with Crippen molar-refractivity contribution >= 4 is 0 Å². The van der Waals surface area contributed by atoms with Gasteiger partial charge in [-0.1, -0.05) is 36.0 Å². The Morgan fingerprint density at radius 3 is 1.44 bits per heavy atom. The second-order valence-electron chi connectivity index (χ2n) is 5.75. The number of rotatable bonds is 14. The first-order valence-corrected chi connectivity index (χ1v) is 8.55. The molecule has 0 saturated heterocycles. The minimum absolute atomic E-state index is 0.168. The van der Waals surface area contributed by atoms with Crippen LogP contribution in [0.5, 0.6) is 0 Å². The molecule has 0 aliphatic rings. The van der Waals surface area contributed by atoms with Crippen LogP contribution in [0.1, 0.15) is 51.4 Å². The third kappa shape index (κ3) is 7.36. The van der Waals surface area contributed by atoms with Gasteiger partial charge in [-0.2, -0.15) is 9.81 Å². The standard InChI is InChI=1S/C15H24N4O6/c20-13-18(11-7-3-1-5-9-16-23)14(21)25-15(22)19(13)12-8-4-2-6-10-17-24/h1-12H2. The van der Waals surface area contributed by atoms with Crippen molar-refractivity contribution in [3.05, 3.63) is 41.4 Å². The average Bonchev–Trinajstić information content (AvgIpc) is 2.58. The van der Waals surface area contributed by atoms with Crippen molar-refractivity contribution in [2.45, 2.75) is 64.5 Å². The summed E-state index contributed by atoms with van der Waals surface area (Å²) in [6.45, 7) is 0.855. The summed E-state index contributed by atoms with van der Waals surface area (Å²) in [6, 6.07) is 0. The molecular weight excluding hydrogens is 332 g/mol. The molecule has 0 amide bonds. The first-order chi connectivity index (χ1) is 12.1. The van der Waals surface area contributed by atoms with Gasteiger partial charge in [-0.25, -0.2) is 23.5 Å². The van der Waals surface area contributed by atoms with Crippen LogP contribution in [0.3, 0.4) is 0 Å². The highest BCUT2D eigenvalue weighted by molar-refractivity contribution is 4.70. The van der Waals surface area contributed by atoms with Gasteiger partial charge in [0.25, 0.3) is 0 Å². The van der Waals surface area contributed by atoms with E-state index in [1.807, 2.05) is 0 Å². The third-order valence-electron chi connectivity index (χ3n) is 3.84. The summed E-state index contributed by atoms with van der Waals surface area (Å²) in [7, 11) is 0.